The normalized spacial score (nSPS) is 7.45. The molecule has 1 N–H and O–H groups in total. The van der Waals surface area contributed by atoms with Crippen LogP contribution in [0.5, 0.6) is 0 Å². The minimum absolute atomic E-state index is 0. The van der Waals surface area contributed by atoms with Gasteiger partial charge < -0.3 is 14.3 Å². The van der Waals surface area contributed by atoms with E-state index in [1.807, 2.05) is 0 Å². The van der Waals surface area contributed by atoms with E-state index in [0.29, 0.717) is 0 Å². The molecular weight excluding hydrogens is 236 g/mol. The molecule has 11 heteroatoms. The first-order valence-corrected chi connectivity index (χ1v) is 2.57. The zero-order chi connectivity index (χ0) is 8.08. The summed E-state index contributed by atoms with van der Waals surface area (Å²) in [6.07, 6.45) is 0. The molecule has 56 valence electrons. The van der Waals surface area contributed by atoms with E-state index in [0.717, 1.165) is 0 Å². The van der Waals surface area contributed by atoms with E-state index < -0.39 is 15.5 Å². The van der Waals surface area contributed by atoms with Crippen molar-refractivity contribution in [2.24, 2.45) is 0 Å². The van der Waals surface area contributed by atoms with Crippen molar-refractivity contribution in [3.8, 4) is 0 Å². The Kier molecular flexibility index (Phi) is 26.1. The molecule has 0 aliphatic heterocycles. The minimum Gasteiger partial charge on any atom is -0.759 e. The summed E-state index contributed by atoms with van der Waals surface area (Å²) in [7, 11) is -5.17. The van der Waals surface area contributed by atoms with Gasteiger partial charge in [0.25, 0.3) is 5.09 Å². The molecule has 8 nitrogen and oxygen atoms in total. The van der Waals surface area contributed by atoms with Crippen molar-refractivity contribution in [2.75, 3.05) is 0 Å². The van der Waals surface area contributed by atoms with Gasteiger partial charge in [-0.1, -0.05) is 0 Å². The largest absolute Gasteiger partial charge is 1.00 e. The first kappa shape index (κ1) is 23.3. The Labute approximate surface area is 147 Å². The summed E-state index contributed by atoms with van der Waals surface area (Å²) in [5, 5.41) is 13.6. The van der Waals surface area contributed by atoms with Crippen molar-refractivity contribution in [3.63, 3.8) is 0 Å². The SMILES string of the molecule is O=S(=O)([O-])[O-].O=[N+]([O-])O.[K+].[K+]. The quantitative estimate of drug-likeness (QED) is 0.145. The maximum atomic E-state index is 8.52. The molecule has 0 spiro atoms. The van der Waals surface area contributed by atoms with Crippen LogP contribution < -0.4 is 103 Å². The Morgan fingerprint density at radius 1 is 1.18 bits per heavy atom. The molecular formula is HK2NO7S. The van der Waals surface area contributed by atoms with Crippen LogP contribution in [-0.2, 0) is 10.4 Å². The Balaban J connectivity index is -0.0000000383. The fraction of sp³-hybridized carbons (Fsp3) is 0. The van der Waals surface area contributed by atoms with Gasteiger partial charge in [0, 0.05) is 10.4 Å². The molecule has 0 aromatic rings. The second-order valence-electron chi connectivity index (χ2n) is 0.646. The van der Waals surface area contributed by atoms with E-state index in [1.165, 1.54) is 0 Å². The monoisotopic (exact) mass is 237 g/mol. The van der Waals surface area contributed by atoms with Crippen LogP contribution in [0.3, 0.4) is 0 Å². The molecule has 0 aromatic carbocycles. The fourth-order valence-corrected chi connectivity index (χ4v) is 0. The van der Waals surface area contributed by atoms with Gasteiger partial charge in [-0.15, -0.1) is 10.1 Å². The number of hydrogen-bond donors (Lipinski definition) is 1. The third-order valence-corrected chi connectivity index (χ3v) is 0. The van der Waals surface area contributed by atoms with Crippen LogP contribution in [0.1, 0.15) is 0 Å². The van der Waals surface area contributed by atoms with E-state index in [-0.39, 0.29) is 103 Å². The first-order chi connectivity index (χ1) is 3.73. The van der Waals surface area contributed by atoms with Crippen LogP contribution >= 0.6 is 0 Å². The number of hydrogen-bond acceptors (Lipinski definition) is 6. The van der Waals surface area contributed by atoms with Gasteiger partial charge in [0.05, 0.1) is 0 Å². The van der Waals surface area contributed by atoms with E-state index >= 15 is 0 Å². The standard InChI is InChI=1S/2K.HNO3.H2O4S/c;;2-1(3)4;1-5(2,3)4/h;;(H,2,3,4);(H2,1,2,3,4)/q2*+1;;/p-2. The van der Waals surface area contributed by atoms with E-state index in [2.05, 4.69) is 0 Å². The van der Waals surface area contributed by atoms with Crippen LogP contribution in [0.25, 0.3) is 0 Å². The van der Waals surface area contributed by atoms with Crippen molar-refractivity contribution < 1.29 is 131 Å². The molecule has 0 heterocycles. The summed E-state index contributed by atoms with van der Waals surface area (Å²) in [5.74, 6) is 0. The Hall–Kier alpha value is 2.34. The van der Waals surface area contributed by atoms with Crippen molar-refractivity contribution in [3.05, 3.63) is 10.1 Å². The average molecular weight is 237 g/mol. The molecule has 0 atom stereocenters. The summed E-state index contributed by atoms with van der Waals surface area (Å²) in [5.41, 5.74) is 0. The van der Waals surface area contributed by atoms with Gasteiger partial charge >= 0.3 is 103 Å². The molecule has 0 aliphatic rings. The number of rotatable bonds is 0. The van der Waals surface area contributed by atoms with Gasteiger partial charge in [-0.05, 0) is 0 Å². The van der Waals surface area contributed by atoms with Crippen LogP contribution in [-0.4, -0.2) is 27.8 Å². The van der Waals surface area contributed by atoms with Gasteiger partial charge in [0.15, 0.2) is 0 Å². The van der Waals surface area contributed by atoms with Gasteiger partial charge in [-0.3, -0.25) is 8.42 Å². The van der Waals surface area contributed by atoms with Crippen LogP contribution in [0.2, 0.25) is 0 Å². The Morgan fingerprint density at radius 3 is 1.18 bits per heavy atom. The summed E-state index contributed by atoms with van der Waals surface area (Å²) < 4.78 is 34.1. The zero-order valence-electron chi connectivity index (χ0n) is 5.75. The minimum atomic E-state index is -5.17. The smallest absolute Gasteiger partial charge is 0.759 e. The fourth-order valence-electron chi connectivity index (χ4n) is 0. The van der Waals surface area contributed by atoms with Crippen LogP contribution in [0.15, 0.2) is 0 Å². The number of nitrogens with zero attached hydrogens (tertiary/aromatic N) is 1. The molecule has 0 amide bonds. The molecule has 0 aromatic heterocycles. The van der Waals surface area contributed by atoms with E-state index in [1.54, 1.807) is 0 Å². The molecule has 0 radical (unpaired) electrons. The molecule has 0 bridgehead atoms. The van der Waals surface area contributed by atoms with Crippen LogP contribution in [0, 0.1) is 10.1 Å². The average Bonchev–Trinajstić information content (AvgIpc) is 1.19. The summed E-state index contributed by atoms with van der Waals surface area (Å²) in [4.78, 5) is 8.36. The molecule has 0 saturated heterocycles. The summed E-state index contributed by atoms with van der Waals surface area (Å²) in [6.45, 7) is 0. The van der Waals surface area contributed by atoms with E-state index in [4.69, 9.17) is 32.8 Å². The topological polar surface area (TPSA) is 144 Å². The van der Waals surface area contributed by atoms with Gasteiger partial charge in [0.2, 0.25) is 0 Å². The molecule has 11 heavy (non-hydrogen) atoms. The molecule has 0 aliphatic carbocycles. The summed E-state index contributed by atoms with van der Waals surface area (Å²) in [6, 6.07) is 0. The Bertz CT molecular complexity index is 159. The zero-order valence-corrected chi connectivity index (χ0v) is 12.8. The van der Waals surface area contributed by atoms with Gasteiger partial charge in [-0.25, -0.2) is 0 Å². The van der Waals surface area contributed by atoms with E-state index in [9.17, 15) is 0 Å². The van der Waals surface area contributed by atoms with Gasteiger partial charge in [0.1, 0.15) is 0 Å². The second-order valence-corrected chi connectivity index (χ2v) is 1.46. The van der Waals surface area contributed by atoms with Gasteiger partial charge in [-0.2, -0.15) is 0 Å². The molecule has 0 fully saturated rings. The molecule has 0 saturated carbocycles. The maximum Gasteiger partial charge on any atom is 1.00 e. The van der Waals surface area contributed by atoms with Crippen molar-refractivity contribution >= 4 is 10.4 Å². The third-order valence-electron chi connectivity index (χ3n) is 0. The predicted molar refractivity (Wildman–Crippen MR) is 19.3 cm³/mol. The molecule has 0 unspecified atom stereocenters. The van der Waals surface area contributed by atoms with Crippen molar-refractivity contribution in [1.82, 2.24) is 0 Å². The third kappa shape index (κ3) is 241. The van der Waals surface area contributed by atoms with Crippen molar-refractivity contribution in [2.45, 2.75) is 0 Å². The summed E-state index contributed by atoms with van der Waals surface area (Å²) >= 11 is 0. The molecule has 0 rings (SSSR count). The first-order valence-electron chi connectivity index (χ1n) is 1.23. The van der Waals surface area contributed by atoms with Crippen LogP contribution in [0.4, 0.5) is 0 Å². The Morgan fingerprint density at radius 2 is 1.18 bits per heavy atom. The maximum absolute atomic E-state index is 8.52. The second kappa shape index (κ2) is 12.3. The predicted octanol–water partition coefficient (Wildman–Crippen LogP) is -7.68. The van der Waals surface area contributed by atoms with Crippen molar-refractivity contribution in [1.29, 1.82) is 0 Å².